The highest BCUT2D eigenvalue weighted by Crippen LogP contribution is 2.19. The number of hydrogen-bond acceptors (Lipinski definition) is 1. The number of hydrogen-bond donors (Lipinski definition) is 2. The molecule has 17 heavy (non-hydrogen) atoms. The first-order valence-electron chi connectivity index (χ1n) is 7.06. The van der Waals surface area contributed by atoms with Crippen LogP contribution in [0, 0.1) is 5.92 Å². The van der Waals surface area contributed by atoms with Crippen molar-refractivity contribution in [3.63, 3.8) is 0 Å². The van der Waals surface area contributed by atoms with E-state index in [0.717, 1.165) is 6.54 Å². The van der Waals surface area contributed by atoms with Crippen LogP contribution in [-0.4, -0.2) is 18.5 Å². The van der Waals surface area contributed by atoms with Crippen molar-refractivity contribution in [2.45, 2.75) is 57.4 Å². The van der Waals surface area contributed by atoms with E-state index in [2.05, 4.69) is 22.5 Å². The molecule has 0 heterocycles. The van der Waals surface area contributed by atoms with E-state index in [4.69, 9.17) is 5.73 Å². The molecule has 0 aromatic heterocycles. The van der Waals surface area contributed by atoms with Gasteiger partial charge in [-0.15, -0.1) is 0 Å². The Morgan fingerprint density at radius 2 is 2.00 bits per heavy atom. The monoisotopic (exact) mass is 235 g/mol. The molecule has 0 bridgehead atoms. The Balaban J connectivity index is 1.70. The Morgan fingerprint density at radius 1 is 1.18 bits per heavy atom. The summed E-state index contributed by atoms with van der Waals surface area (Å²) in [6.07, 6.45) is 14.7. The number of nitrogens with zero attached hydrogens (tertiary/aromatic N) is 1. The SMILES string of the molecule is NC(=NCC1CC=CCC1)NC1CCCCC1. The van der Waals surface area contributed by atoms with Crippen molar-refractivity contribution in [2.75, 3.05) is 6.54 Å². The summed E-state index contributed by atoms with van der Waals surface area (Å²) in [4.78, 5) is 4.49. The summed E-state index contributed by atoms with van der Waals surface area (Å²) in [6, 6.07) is 0.568. The van der Waals surface area contributed by atoms with Crippen molar-refractivity contribution in [3.05, 3.63) is 12.2 Å². The molecular weight excluding hydrogens is 210 g/mol. The van der Waals surface area contributed by atoms with Crippen LogP contribution < -0.4 is 11.1 Å². The first kappa shape index (κ1) is 12.5. The normalized spacial score (nSPS) is 27.1. The smallest absolute Gasteiger partial charge is 0.188 e. The van der Waals surface area contributed by atoms with Gasteiger partial charge in [-0.3, -0.25) is 4.99 Å². The summed E-state index contributed by atoms with van der Waals surface area (Å²) in [6.45, 7) is 0.885. The van der Waals surface area contributed by atoms with Gasteiger partial charge in [-0.2, -0.15) is 0 Å². The van der Waals surface area contributed by atoms with Crippen LogP contribution in [0.4, 0.5) is 0 Å². The maximum atomic E-state index is 5.94. The molecule has 3 heteroatoms. The molecule has 1 saturated carbocycles. The van der Waals surface area contributed by atoms with Gasteiger partial charge in [0.25, 0.3) is 0 Å². The zero-order valence-corrected chi connectivity index (χ0v) is 10.7. The zero-order valence-electron chi connectivity index (χ0n) is 10.7. The lowest BCUT2D eigenvalue weighted by molar-refractivity contribution is 0.411. The minimum absolute atomic E-state index is 0.568. The van der Waals surface area contributed by atoms with Gasteiger partial charge >= 0.3 is 0 Å². The molecular formula is C14H25N3. The lowest BCUT2D eigenvalue weighted by Gasteiger charge is -2.23. The van der Waals surface area contributed by atoms with Gasteiger partial charge in [0.1, 0.15) is 0 Å². The van der Waals surface area contributed by atoms with Crippen molar-refractivity contribution in [1.29, 1.82) is 0 Å². The van der Waals surface area contributed by atoms with Crippen molar-refractivity contribution >= 4 is 5.96 Å². The molecule has 1 atom stereocenters. The molecule has 1 unspecified atom stereocenters. The van der Waals surface area contributed by atoms with Crippen LogP contribution in [0.2, 0.25) is 0 Å². The molecule has 0 saturated heterocycles. The van der Waals surface area contributed by atoms with E-state index in [1.54, 1.807) is 0 Å². The van der Waals surface area contributed by atoms with Crippen molar-refractivity contribution in [1.82, 2.24) is 5.32 Å². The van der Waals surface area contributed by atoms with Crippen LogP contribution in [0.1, 0.15) is 51.4 Å². The van der Waals surface area contributed by atoms with Crippen LogP contribution in [0.25, 0.3) is 0 Å². The predicted molar refractivity (Wildman–Crippen MR) is 73.0 cm³/mol. The fraction of sp³-hybridized carbons (Fsp3) is 0.786. The Hall–Kier alpha value is -0.990. The lowest BCUT2D eigenvalue weighted by Crippen LogP contribution is -2.41. The summed E-state index contributed by atoms with van der Waals surface area (Å²) in [5, 5.41) is 3.37. The van der Waals surface area contributed by atoms with E-state index in [0.29, 0.717) is 17.9 Å². The fourth-order valence-corrected chi connectivity index (χ4v) is 2.75. The van der Waals surface area contributed by atoms with Crippen molar-refractivity contribution < 1.29 is 0 Å². The summed E-state index contributed by atoms with van der Waals surface area (Å²) in [5.74, 6) is 1.36. The third kappa shape index (κ3) is 4.41. The van der Waals surface area contributed by atoms with Gasteiger partial charge in [0, 0.05) is 12.6 Å². The molecule has 3 nitrogen and oxygen atoms in total. The van der Waals surface area contributed by atoms with Crippen LogP contribution in [0.3, 0.4) is 0 Å². The highest BCUT2D eigenvalue weighted by atomic mass is 15.1. The Bertz CT molecular complexity index is 277. The van der Waals surface area contributed by atoms with Crippen molar-refractivity contribution in [3.8, 4) is 0 Å². The van der Waals surface area contributed by atoms with Crippen LogP contribution in [0.15, 0.2) is 17.1 Å². The number of allylic oxidation sites excluding steroid dienone is 2. The van der Waals surface area contributed by atoms with Crippen molar-refractivity contribution in [2.24, 2.45) is 16.6 Å². The minimum Gasteiger partial charge on any atom is -0.370 e. The number of nitrogens with one attached hydrogen (secondary N) is 1. The maximum Gasteiger partial charge on any atom is 0.188 e. The highest BCUT2D eigenvalue weighted by Gasteiger charge is 2.14. The fourth-order valence-electron chi connectivity index (χ4n) is 2.75. The third-order valence-electron chi connectivity index (χ3n) is 3.85. The van der Waals surface area contributed by atoms with E-state index in [1.807, 2.05) is 0 Å². The summed E-state index contributed by atoms with van der Waals surface area (Å²) in [7, 11) is 0. The van der Waals surface area contributed by atoms with Crippen LogP contribution in [-0.2, 0) is 0 Å². The third-order valence-corrected chi connectivity index (χ3v) is 3.85. The Labute approximate surface area is 105 Å². The first-order valence-corrected chi connectivity index (χ1v) is 7.06. The predicted octanol–water partition coefficient (Wildman–Crippen LogP) is 2.58. The second-order valence-electron chi connectivity index (χ2n) is 5.36. The quantitative estimate of drug-likeness (QED) is 0.449. The molecule has 0 radical (unpaired) electrons. The van der Waals surface area contributed by atoms with E-state index >= 15 is 0 Å². The summed E-state index contributed by atoms with van der Waals surface area (Å²) >= 11 is 0. The summed E-state index contributed by atoms with van der Waals surface area (Å²) < 4.78 is 0. The van der Waals surface area contributed by atoms with Crippen LogP contribution >= 0.6 is 0 Å². The molecule has 2 aliphatic rings. The molecule has 0 amide bonds. The van der Waals surface area contributed by atoms with Gasteiger partial charge in [-0.05, 0) is 38.0 Å². The van der Waals surface area contributed by atoms with Gasteiger partial charge in [-0.1, -0.05) is 31.4 Å². The highest BCUT2D eigenvalue weighted by molar-refractivity contribution is 5.78. The minimum atomic E-state index is 0.568. The van der Waals surface area contributed by atoms with Crippen LogP contribution in [0.5, 0.6) is 0 Å². The number of rotatable bonds is 3. The molecule has 0 spiro atoms. The first-order chi connectivity index (χ1) is 8.34. The van der Waals surface area contributed by atoms with Gasteiger partial charge in [0.2, 0.25) is 0 Å². The topological polar surface area (TPSA) is 50.4 Å². The maximum absolute atomic E-state index is 5.94. The lowest BCUT2D eigenvalue weighted by atomic mass is 9.95. The van der Waals surface area contributed by atoms with Gasteiger partial charge < -0.3 is 11.1 Å². The average molecular weight is 235 g/mol. The average Bonchev–Trinajstić information content (AvgIpc) is 2.39. The molecule has 0 aromatic carbocycles. The molecule has 0 aromatic rings. The standard InChI is InChI=1S/C14H25N3/c15-14(17-13-9-5-2-6-10-13)16-11-12-7-3-1-4-8-12/h1,3,12-13H,2,4-11H2,(H3,15,16,17). The van der Waals surface area contributed by atoms with E-state index in [9.17, 15) is 0 Å². The second-order valence-corrected chi connectivity index (χ2v) is 5.36. The van der Waals surface area contributed by atoms with Gasteiger partial charge in [0.05, 0.1) is 0 Å². The van der Waals surface area contributed by atoms with E-state index in [1.165, 1.54) is 51.4 Å². The molecule has 3 N–H and O–H groups in total. The summed E-state index contributed by atoms with van der Waals surface area (Å²) in [5.41, 5.74) is 5.94. The number of aliphatic imine (C=N–C) groups is 1. The molecule has 1 fully saturated rings. The largest absolute Gasteiger partial charge is 0.370 e. The Kier molecular flexibility index (Phi) is 4.89. The van der Waals surface area contributed by atoms with E-state index < -0.39 is 0 Å². The van der Waals surface area contributed by atoms with E-state index in [-0.39, 0.29) is 0 Å². The van der Waals surface area contributed by atoms with Gasteiger partial charge in [0.15, 0.2) is 5.96 Å². The zero-order chi connectivity index (χ0) is 11.9. The van der Waals surface area contributed by atoms with Gasteiger partial charge in [-0.25, -0.2) is 0 Å². The Morgan fingerprint density at radius 3 is 2.71 bits per heavy atom. The molecule has 96 valence electrons. The molecule has 0 aliphatic heterocycles. The number of guanidine groups is 1. The molecule has 2 rings (SSSR count). The molecule has 2 aliphatic carbocycles. The number of nitrogens with two attached hydrogens (primary N) is 1. The second kappa shape index (κ2) is 6.67.